The van der Waals surface area contributed by atoms with Crippen LogP contribution in [0, 0.1) is 0 Å². The third kappa shape index (κ3) is 6.50. The lowest BCUT2D eigenvalue weighted by molar-refractivity contribution is 0.0297. The lowest BCUT2D eigenvalue weighted by Crippen LogP contribution is -2.36. The van der Waals surface area contributed by atoms with Crippen LogP contribution in [-0.2, 0) is 4.74 Å². The molecule has 0 spiro atoms. The number of hydrogen-bond acceptors (Lipinski definition) is 4. The topological polar surface area (TPSA) is 41.6 Å². The normalized spacial score (nSPS) is 19.9. The van der Waals surface area contributed by atoms with Crippen molar-refractivity contribution in [1.82, 2.24) is 10.2 Å². The minimum atomic E-state index is -0.412. The van der Waals surface area contributed by atoms with Gasteiger partial charge in [-0.15, -0.1) is 0 Å². The number of ether oxygens (including phenoxy) is 1. The monoisotopic (exact) mass is 274 g/mol. The molecule has 1 aliphatic rings. The molecule has 4 nitrogen and oxygen atoms in total. The van der Waals surface area contributed by atoms with Gasteiger partial charge in [0.1, 0.15) is 5.60 Å². The molecule has 1 N–H and O–H groups in total. The lowest BCUT2D eigenvalue weighted by atomic mass is 10.2. The number of amides is 1. The maximum Gasteiger partial charge on any atom is 0.410 e. The quantitative estimate of drug-likeness (QED) is 0.781. The molecule has 5 heteroatoms. The summed E-state index contributed by atoms with van der Waals surface area (Å²) in [5.41, 5.74) is -0.412. The Bertz CT molecular complexity index is 260. The molecule has 0 aliphatic carbocycles. The van der Waals surface area contributed by atoms with Crippen molar-refractivity contribution >= 4 is 17.9 Å². The van der Waals surface area contributed by atoms with Gasteiger partial charge < -0.3 is 15.0 Å². The fourth-order valence-corrected chi connectivity index (χ4v) is 2.94. The Morgan fingerprint density at radius 3 is 2.78 bits per heavy atom. The second-order valence-electron chi connectivity index (χ2n) is 5.77. The van der Waals surface area contributed by atoms with Gasteiger partial charge in [-0.2, -0.15) is 11.8 Å². The molecular formula is C13H26N2O2S. The van der Waals surface area contributed by atoms with E-state index in [1.807, 2.05) is 32.5 Å². The van der Waals surface area contributed by atoms with Gasteiger partial charge in [0, 0.05) is 25.4 Å². The first-order valence-corrected chi connectivity index (χ1v) is 7.79. The number of carbonyl (C=O) groups is 1. The Hall–Kier alpha value is -0.420. The highest BCUT2D eigenvalue weighted by Crippen LogP contribution is 2.16. The van der Waals surface area contributed by atoms with Crippen molar-refractivity contribution in [2.75, 3.05) is 31.6 Å². The molecule has 0 bridgehead atoms. The SMILES string of the molecule is CN(CCCNC1CCSC1)C(=O)OC(C)(C)C. The minimum absolute atomic E-state index is 0.237. The van der Waals surface area contributed by atoms with Crippen molar-refractivity contribution < 1.29 is 9.53 Å². The van der Waals surface area contributed by atoms with Gasteiger partial charge in [-0.05, 0) is 45.9 Å². The molecule has 18 heavy (non-hydrogen) atoms. The smallest absolute Gasteiger partial charge is 0.410 e. The van der Waals surface area contributed by atoms with E-state index in [2.05, 4.69) is 5.32 Å². The van der Waals surface area contributed by atoms with Crippen molar-refractivity contribution in [3.05, 3.63) is 0 Å². The highest BCUT2D eigenvalue weighted by molar-refractivity contribution is 7.99. The largest absolute Gasteiger partial charge is 0.444 e. The molecule has 0 saturated carbocycles. The third-order valence-electron chi connectivity index (χ3n) is 2.74. The fourth-order valence-electron chi connectivity index (χ4n) is 1.75. The second-order valence-corrected chi connectivity index (χ2v) is 6.92. The van der Waals surface area contributed by atoms with Crippen molar-refractivity contribution in [2.45, 2.75) is 45.3 Å². The molecule has 1 saturated heterocycles. The predicted octanol–water partition coefficient (Wildman–Crippen LogP) is 2.34. The Balaban J connectivity index is 2.08. The van der Waals surface area contributed by atoms with E-state index in [1.165, 1.54) is 17.9 Å². The average Bonchev–Trinajstić information content (AvgIpc) is 2.74. The van der Waals surface area contributed by atoms with Gasteiger partial charge in [0.2, 0.25) is 0 Å². The van der Waals surface area contributed by atoms with Crippen LogP contribution in [0.3, 0.4) is 0 Å². The number of carbonyl (C=O) groups excluding carboxylic acids is 1. The van der Waals surface area contributed by atoms with E-state index in [0.717, 1.165) is 19.5 Å². The number of thioether (sulfide) groups is 1. The molecule has 106 valence electrons. The van der Waals surface area contributed by atoms with Crippen molar-refractivity contribution in [2.24, 2.45) is 0 Å². The van der Waals surface area contributed by atoms with E-state index in [1.54, 1.807) is 11.9 Å². The highest BCUT2D eigenvalue weighted by atomic mass is 32.2. The van der Waals surface area contributed by atoms with Crippen LogP contribution >= 0.6 is 11.8 Å². The van der Waals surface area contributed by atoms with Gasteiger partial charge in [-0.25, -0.2) is 4.79 Å². The lowest BCUT2D eigenvalue weighted by Gasteiger charge is -2.24. The summed E-state index contributed by atoms with van der Waals surface area (Å²) in [6.07, 6.45) is 2.00. The van der Waals surface area contributed by atoms with Crippen LogP contribution in [-0.4, -0.2) is 54.3 Å². The summed E-state index contributed by atoms with van der Waals surface area (Å²) in [5.74, 6) is 2.50. The molecule has 1 rings (SSSR count). The molecular weight excluding hydrogens is 248 g/mol. The van der Waals surface area contributed by atoms with E-state index in [4.69, 9.17) is 4.74 Å². The van der Waals surface area contributed by atoms with Gasteiger partial charge in [0.25, 0.3) is 0 Å². The summed E-state index contributed by atoms with van der Waals surface area (Å²) in [7, 11) is 1.79. The van der Waals surface area contributed by atoms with Gasteiger partial charge in [-0.1, -0.05) is 0 Å². The zero-order chi connectivity index (χ0) is 13.6. The fraction of sp³-hybridized carbons (Fsp3) is 0.923. The molecule has 1 aliphatic heterocycles. The Morgan fingerprint density at radius 1 is 1.50 bits per heavy atom. The summed E-state index contributed by atoms with van der Waals surface area (Å²) >= 11 is 2.01. The summed E-state index contributed by atoms with van der Waals surface area (Å²) in [6, 6.07) is 0.668. The van der Waals surface area contributed by atoms with Gasteiger partial charge in [-0.3, -0.25) is 0 Å². The van der Waals surface area contributed by atoms with Gasteiger partial charge >= 0.3 is 6.09 Å². The van der Waals surface area contributed by atoms with E-state index >= 15 is 0 Å². The maximum absolute atomic E-state index is 11.7. The number of rotatable bonds is 5. The molecule has 1 fully saturated rings. The van der Waals surface area contributed by atoms with Crippen molar-refractivity contribution in [3.63, 3.8) is 0 Å². The van der Waals surface area contributed by atoms with Gasteiger partial charge in [0.15, 0.2) is 0 Å². The first kappa shape index (κ1) is 15.6. The van der Waals surface area contributed by atoms with Crippen LogP contribution in [0.1, 0.15) is 33.6 Å². The average molecular weight is 274 g/mol. The Kier molecular flexibility index (Phi) is 6.29. The third-order valence-corrected chi connectivity index (χ3v) is 3.90. The summed E-state index contributed by atoms with van der Waals surface area (Å²) < 4.78 is 5.29. The van der Waals surface area contributed by atoms with Crippen LogP contribution < -0.4 is 5.32 Å². The van der Waals surface area contributed by atoms with Crippen LogP contribution in [0.15, 0.2) is 0 Å². The van der Waals surface area contributed by atoms with Crippen LogP contribution in [0.25, 0.3) is 0 Å². The van der Waals surface area contributed by atoms with Crippen LogP contribution in [0.5, 0.6) is 0 Å². The zero-order valence-electron chi connectivity index (χ0n) is 12.0. The van der Waals surface area contributed by atoms with E-state index in [0.29, 0.717) is 6.04 Å². The van der Waals surface area contributed by atoms with Crippen LogP contribution in [0.2, 0.25) is 0 Å². The molecule has 1 unspecified atom stereocenters. The predicted molar refractivity (Wildman–Crippen MR) is 77.2 cm³/mol. The van der Waals surface area contributed by atoms with E-state index < -0.39 is 5.60 Å². The standard InChI is InChI=1S/C13H26N2O2S/c1-13(2,3)17-12(16)15(4)8-5-7-14-11-6-9-18-10-11/h11,14H,5-10H2,1-4H3. The molecule has 0 aromatic heterocycles. The van der Waals surface area contributed by atoms with Gasteiger partial charge in [0.05, 0.1) is 0 Å². The maximum atomic E-state index is 11.7. The summed E-state index contributed by atoms with van der Waals surface area (Å²) in [6.45, 7) is 7.37. The van der Waals surface area contributed by atoms with Crippen molar-refractivity contribution in [3.8, 4) is 0 Å². The molecule has 0 aromatic carbocycles. The van der Waals surface area contributed by atoms with E-state index in [-0.39, 0.29) is 6.09 Å². The second kappa shape index (κ2) is 7.24. The number of hydrogen-bond donors (Lipinski definition) is 1. The highest BCUT2D eigenvalue weighted by Gasteiger charge is 2.19. The summed E-state index contributed by atoms with van der Waals surface area (Å²) in [5, 5.41) is 3.52. The Labute approximate surface area is 115 Å². The number of nitrogens with one attached hydrogen (secondary N) is 1. The molecule has 1 heterocycles. The van der Waals surface area contributed by atoms with Crippen LogP contribution in [0.4, 0.5) is 4.79 Å². The molecule has 0 radical (unpaired) electrons. The summed E-state index contributed by atoms with van der Waals surface area (Å²) in [4.78, 5) is 13.3. The zero-order valence-corrected chi connectivity index (χ0v) is 12.8. The Morgan fingerprint density at radius 2 is 2.22 bits per heavy atom. The first-order valence-electron chi connectivity index (χ1n) is 6.64. The van der Waals surface area contributed by atoms with Crippen molar-refractivity contribution in [1.29, 1.82) is 0 Å². The minimum Gasteiger partial charge on any atom is -0.444 e. The van der Waals surface area contributed by atoms with E-state index in [9.17, 15) is 4.79 Å². The molecule has 1 atom stereocenters. The first-order chi connectivity index (χ1) is 8.38. The molecule has 0 aromatic rings. The number of nitrogens with zero attached hydrogens (tertiary/aromatic N) is 1. The molecule has 1 amide bonds.